The second-order valence-corrected chi connectivity index (χ2v) is 14.8. The van der Waals surface area contributed by atoms with Crippen LogP contribution in [-0.4, -0.2) is 0 Å². The summed E-state index contributed by atoms with van der Waals surface area (Å²) in [6.07, 6.45) is 36.1. The molecule has 0 saturated heterocycles. The summed E-state index contributed by atoms with van der Waals surface area (Å²) >= 11 is 0. The average Bonchev–Trinajstić information content (AvgIpc) is 3.22. The zero-order chi connectivity index (χ0) is 37.5. The van der Waals surface area contributed by atoms with E-state index in [-0.39, 0.29) is 0 Å². The van der Waals surface area contributed by atoms with E-state index in [0.29, 0.717) is 0 Å². The van der Waals surface area contributed by atoms with Crippen LogP contribution in [0.5, 0.6) is 0 Å². The molecule has 0 aliphatic heterocycles. The summed E-state index contributed by atoms with van der Waals surface area (Å²) in [5.41, 5.74) is 13.0. The van der Waals surface area contributed by atoms with Crippen molar-refractivity contribution in [2.24, 2.45) is 0 Å². The lowest BCUT2D eigenvalue weighted by molar-refractivity contribution is 0.605. The highest BCUT2D eigenvalue weighted by atomic mass is 14.1. The largest absolute Gasteiger partial charge is 0.0654 e. The number of rotatable bonds is 22. The Hall–Kier alpha value is -4.94. The van der Waals surface area contributed by atoms with Crippen LogP contribution >= 0.6 is 0 Å². The monoisotopic (exact) mass is 710 g/mol. The number of benzene rings is 5. The molecule has 0 heterocycles. The maximum Gasteiger partial charge on any atom is -0.0221 e. The van der Waals surface area contributed by atoms with Crippen molar-refractivity contribution in [2.75, 3.05) is 0 Å². The van der Waals surface area contributed by atoms with Crippen LogP contribution in [0.2, 0.25) is 0 Å². The highest BCUT2D eigenvalue weighted by Gasteiger charge is 2.09. The average molecular weight is 711 g/mol. The fraction of sp³-hybridized carbons (Fsp3) is 0.296. The Balaban J connectivity index is 1.37. The Morgan fingerprint density at radius 2 is 0.574 bits per heavy atom. The van der Waals surface area contributed by atoms with E-state index in [1.165, 1.54) is 133 Å². The van der Waals surface area contributed by atoms with Gasteiger partial charge in [-0.2, -0.15) is 0 Å². The zero-order valence-electron chi connectivity index (χ0n) is 33.1. The van der Waals surface area contributed by atoms with Crippen LogP contribution in [0.3, 0.4) is 0 Å². The molecule has 0 saturated carbocycles. The Kier molecular flexibility index (Phi) is 17.6. The number of unbranched alkanes of at least 4 members (excludes halogenated alkanes) is 10. The highest BCUT2D eigenvalue weighted by molar-refractivity contribution is 5.78. The lowest BCUT2D eigenvalue weighted by atomic mass is 9.91. The van der Waals surface area contributed by atoms with Gasteiger partial charge in [-0.1, -0.05) is 248 Å². The van der Waals surface area contributed by atoms with Crippen LogP contribution in [0.1, 0.15) is 147 Å². The maximum absolute atomic E-state index is 2.52. The fourth-order valence-corrected chi connectivity index (χ4v) is 6.98. The third-order valence-electron chi connectivity index (χ3n) is 10.3. The van der Waals surface area contributed by atoms with Crippen molar-refractivity contribution in [1.82, 2.24) is 0 Å². The smallest absolute Gasteiger partial charge is 0.0221 e. The minimum absolute atomic E-state index is 1.12. The highest BCUT2D eigenvalue weighted by Crippen LogP contribution is 2.26. The van der Waals surface area contributed by atoms with Crippen molar-refractivity contribution in [3.05, 3.63) is 177 Å². The van der Waals surface area contributed by atoms with E-state index in [2.05, 4.69) is 184 Å². The first kappa shape index (κ1) is 40.2. The van der Waals surface area contributed by atoms with Crippen molar-refractivity contribution < 1.29 is 0 Å². The lowest BCUT2D eigenvalue weighted by Crippen LogP contribution is -1.98. The van der Waals surface area contributed by atoms with Gasteiger partial charge in [0.2, 0.25) is 0 Å². The Labute approximate surface area is 328 Å². The third kappa shape index (κ3) is 14.5. The SMILES string of the molecule is CCCCCCCCc1cc(/C=C/c2ccc(/C=C/c3ccccc3)cc2)c(CCCCCCCC)cc1/C=C/c1ccc(/C=C/c2ccccc2)cc1. The minimum atomic E-state index is 1.12. The standard InChI is InChI=1S/C54H62/c1-3-5-7-9-11-19-25-51-43-54(42-40-50-37-33-48(34-38-50)30-28-46-23-17-14-18-24-46)52(26-20-12-10-8-6-4-2)44-53(51)41-39-49-35-31-47(32-36-49)29-27-45-21-15-13-16-22-45/h13-18,21-24,27-44H,3-12,19-20,25-26H2,1-2H3/b29-27+,30-28+,41-39+,42-40+. The fourth-order valence-electron chi connectivity index (χ4n) is 6.98. The molecule has 0 heteroatoms. The Morgan fingerprint density at radius 3 is 0.907 bits per heavy atom. The van der Waals surface area contributed by atoms with Crippen molar-refractivity contribution in [3.63, 3.8) is 0 Å². The summed E-state index contributed by atoms with van der Waals surface area (Å²) in [5, 5.41) is 0. The molecule has 5 aromatic rings. The maximum atomic E-state index is 2.52. The first-order chi connectivity index (χ1) is 26.7. The zero-order valence-corrected chi connectivity index (χ0v) is 33.1. The van der Waals surface area contributed by atoms with Gasteiger partial charge in [-0.3, -0.25) is 0 Å². The van der Waals surface area contributed by atoms with Crippen LogP contribution < -0.4 is 0 Å². The van der Waals surface area contributed by atoms with E-state index < -0.39 is 0 Å². The van der Waals surface area contributed by atoms with Gasteiger partial charge in [0.25, 0.3) is 0 Å². The van der Waals surface area contributed by atoms with Gasteiger partial charge >= 0.3 is 0 Å². The van der Waals surface area contributed by atoms with E-state index in [1.54, 1.807) is 0 Å². The van der Waals surface area contributed by atoms with E-state index in [9.17, 15) is 0 Å². The van der Waals surface area contributed by atoms with Crippen LogP contribution in [0.15, 0.2) is 121 Å². The molecule has 0 aliphatic rings. The first-order valence-corrected chi connectivity index (χ1v) is 20.9. The molecule has 0 spiro atoms. The van der Waals surface area contributed by atoms with E-state index in [0.717, 1.165) is 12.8 Å². The second-order valence-electron chi connectivity index (χ2n) is 14.8. The summed E-state index contributed by atoms with van der Waals surface area (Å²) in [7, 11) is 0. The number of hydrogen-bond acceptors (Lipinski definition) is 0. The lowest BCUT2D eigenvalue weighted by Gasteiger charge is -2.14. The molecule has 0 radical (unpaired) electrons. The van der Waals surface area contributed by atoms with Gasteiger partial charge in [-0.15, -0.1) is 0 Å². The summed E-state index contributed by atoms with van der Waals surface area (Å²) in [6, 6.07) is 43.9. The minimum Gasteiger partial charge on any atom is -0.0654 e. The number of aryl methyl sites for hydroxylation is 2. The summed E-state index contributed by atoms with van der Waals surface area (Å²) < 4.78 is 0. The molecule has 0 fully saturated rings. The van der Waals surface area contributed by atoms with Gasteiger partial charge in [0.05, 0.1) is 0 Å². The van der Waals surface area contributed by atoms with Crippen LogP contribution in [-0.2, 0) is 12.8 Å². The summed E-state index contributed by atoms with van der Waals surface area (Å²) in [5.74, 6) is 0. The van der Waals surface area contributed by atoms with Gasteiger partial charge in [-0.25, -0.2) is 0 Å². The molecule has 0 bridgehead atoms. The van der Waals surface area contributed by atoms with E-state index in [4.69, 9.17) is 0 Å². The molecular formula is C54H62. The van der Waals surface area contributed by atoms with Crippen molar-refractivity contribution in [1.29, 1.82) is 0 Å². The van der Waals surface area contributed by atoms with E-state index in [1.807, 2.05) is 0 Å². The quantitative estimate of drug-likeness (QED) is 0.0495. The van der Waals surface area contributed by atoms with Crippen LogP contribution in [0.4, 0.5) is 0 Å². The predicted molar refractivity (Wildman–Crippen MR) is 242 cm³/mol. The third-order valence-corrected chi connectivity index (χ3v) is 10.3. The molecular weight excluding hydrogens is 649 g/mol. The molecule has 5 aromatic carbocycles. The molecule has 54 heavy (non-hydrogen) atoms. The molecule has 0 N–H and O–H groups in total. The van der Waals surface area contributed by atoms with Crippen molar-refractivity contribution >= 4 is 48.6 Å². The van der Waals surface area contributed by atoms with Gasteiger partial charge < -0.3 is 0 Å². The summed E-state index contributed by atoms with van der Waals surface area (Å²) in [4.78, 5) is 0. The van der Waals surface area contributed by atoms with Crippen molar-refractivity contribution in [2.45, 2.75) is 104 Å². The molecule has 0 unspecified atom stereocenters. The van der Waals surface area contributed by atoms with Crippen LogP contribution in [0, 0.1) is 0 Å². The molecule has 0 nitrogen and oxygen atoms in total. The van der Waals surface area contributed by atoms with E-state index >= 15 is 0 Å². The van der Waals surface area contributed by atoms with Gasteiger partial charge in [0.1, 0.15) is 0 Å². The second kappa shape index (κ2) is 23.7. The first-order valence-electron chi connectivity index (χ1n) is 20.9. The molecule has 0 aromatic heterocycles. The topological polar surface area (TPSA) is 0 Å². The molecule has 5 rings (SSSR count). The molecule has 278 valence electrons. The van der Waals surface area contributed by atoms with Crippen LogP contribution in [0.25, 0.3) is 48.6 Å². The van der Waals surface area contributed by atoms with Gasteiger partial charge in [0, 0.05) is 0 Å². The number of hydrogen-bond donors (Lipinski definition) is 0. The normalized spacial score (nSPS) is 11.9. The van der Waals surface area contributed by atoms with Gasteiger partial charge in [0.15, 0.2) is 0 Å². The molecule has 0 amide bonds. The Bertz CT molecular complexity index is 1740. The molecule has 0 atom stereocenters. The molecule has 0 aliphatic carbocycles. The van der Waals surface area contributed by atoms with Gasteiger partial charge in [-0.05, 0) is 81.3 Å². The summed E-state index contributed by atoms with van der Waals surface area (Å²) in [6.45, 7) is 4.60. The Morgan fingerprint density at radius 1 is 0.296 bits per heavy atom. The predicted octanol–water partition coefficient (Wildman–Crippen LogP) is 16.2. The van der Waals surface area contributed by atoms with Crippen molar-refractivity contribution in [3.8, 4) is 0 Å².